The number of thioether (sulfide) groups is 1. The molecule has 0 aromatic carbocycles. The summed E-state index contributed by atoms with van der Waals surface area (Å²) in [6.07, 6.45) is 4.96. The average Bonchev–Trinajstić information content (AvgIpc) is 2.87. The van der Waals surface area contributed by atoms with Crippen LogP contribution in [0.3, 0.4) is 0 Å². The van der Waals surface area contributed by atoms with Crippen LogP contribution in [0.15, 0.2) is 12.1 Å². The molecule has 0 saturated carbocycles. The Balaban J connectivity index is 1.75. The number of nitrogens with one attached hydrogen (secondary N) is 1. The van der Waals surface area contributed by atoms with Crippen LogP contribution in [0.2, 0.25) is 0 Å². The molecule has 1 atom stereocenters. The van der Waals surface area contributed by atoms with Crippen molar-refractivity contribution >= 4 is 17.6 Å². The van der Waals surface area contributed by atoms with Crippen LogP contribution in [0.25, 0.3) is 0 Å². The summed E-state index contributed by atoms with van der Waals surface area (Å²) in [4.78, 5) is 4.70. The van der Waals surface area contributed by atoms with Gasteiger partial charge in [-0.15, -0.1) is 0 Å². The van der Waals surface area contributed by atoms with Gasteiger partial charge in [-0.3, -0.25) is 0 Å². The molecular formula is C12H16N2S. The number of hydrogen-bond donors (Lipinski definition) is 1. The SMILES string of the molecule is c1cc2c(nc1NC1CCSC1)CCC2. The van der Waals surface area contributed by atoms with Gasteiger partial charge in [-0.25, -0.2) is 4.98 Å². The van der Waals surface area contributed by atoms with Crippen LogP contribution in [-0.2, 0) is 12.8 Å². The molecule has 80 valence electrons. The van der Waals surface area contributed by atoms with Crippen molar-refractivity contribution in [3.8, 4) is 0 Å². The average molecular weight is 220 g/mol. The second-order valence-corrected chi connectivity index (χ2v) is 5.51. The lowest BCUT2D eigenvalue weighted by Gasteiger charge is -2.12. The zero-order valence-electron chi connectivity index (χ0n) is 8.83. The predicted octanol–water partition coefficient (Wildman–Crippen LogP) is 2.49. The lowest BCUT2D eigenvalue weighted by atomic mass is 10.2. The van der Waals surface area contributed by atoms with Crippen LogP contribution in [0, 0.1) is 0 Å². The van der Waals surface area contributed by atoms with Gasteiger partial charge >= 0.3 is 0 Å². The third-order valence-electron chi connectivity index (χ3n) is 3.21. The van der Waals surface area contributed by atoms with Gasteiger partial charge in [0.2, 0.25) is 0 Å². The van der Waals surface area contributed by atoms with E-state index in [4.69, 9.17) is 4.98 Å². The van der Waals surface area contributed by atoms with Crippen molar-refractivity contribution in [1.29, 1.82) is 0 Å². The third kappa shape index (κ3) is 1.98. The molecule has 1 fully saturated rings. The highest BCUT2D eigenvalue weighted by atomic mass is 32.2. The Kier molecular flexibility index (Phi) is 2.57. The molecule has 3 rings (SSSR count). The molecule has 2 aliphatic rings. The molecule has 2 heterocycles. The van der Waals surface area contributed by atoms with Crippen molar-refractivity contribution in [2.75, 3.05) is 16.8 Å². The van der Waals surface area contributed by atoms with Crippen LogP contribution < -0.4 is 5.32 Å². The first-order chi connectivity index (χ1) is 7.42. The molecule has 1 N–H and O–H groups in total. The van der Waals surface area contributed by atoms with E-state index in [2.05, 4.69) is 17.4 Å². The van der Waals surface area contributed by atoms with E-state index in [1.807, 2.05) is 11.8 Å². The molecule has 0 bridgehead atoms. The quantitative estimate of drug-likeness (QED) is 0.829. The molecular weight excluding hydrogens is 204 g/mol. The van der Waals surface area contributed by atoms with E-state index < -0.39 is 0 Å². The number of pyridine rings is 1. The van der Waals surface area contributed by atoms with E-state index in [9.17, 15) is 0 Å². The maximum Gasteiger partial charge on any atom is 0.126 e. The normalized spacial score (nSPS) is 24.1. The Bertz CT molecular complexity index is 359. The van der Waals surface area contributed by atoms with Gasteiger partial charge in [-0.2, -0.15) is 11.8 Å². The predicted molar refractivity (Wildman–Crippen MR) is 65.6 cm³/mol. The Morgan fingerprint density at radius 2 is 2.33 bits per heavy atom. The molecule has 0 radical (unpaired) electrons. The fourth-order valence-corrected chi connectivity index (χ4v) is 3.51. The van der Waals surface area contributed by atoms with E-state index in [-0.39, 0.29) is 0 Å². The molecule has 1 aliphatic carbocycles. The minimum atomic E-state index is 0.641. The van der Waals surface area contributed by atoms with Crippen molar-refractivity contribution in [2.24, 2.45) is 0 Å². The number of fused-ring (bicyclic) bond motifs is 1. The Morgan fingerprint density at radius 1 is 1.33 bits per heavy atom. The van der Waals surface area contributed by atoms with Crippen molar-refractivity contribution in [3.63, 3.8) is 0 Å². The molecule has 0 amide bonds. The van der Waals surface area contributed by atoms with Crippen LogP contribution in [0.5, 0.6) is 0 Å². The third-order valence-corrected chi connectivity index (χ3v) is 4.37. The maximum atomic E-state index is 4.70. The molecule has 15 heavy (non-hydrogen) atoms. The Labute approximate surface area is 94.9 Å². The van der Waals surface area contributed by atoms with Crippen LogP contribution in [-0.4, -0.2) is 22.5 Å². The van der Waals surface area contributed by atoms with Crippen LogP contribution >= 0.6 is 11.8 Å². The highest BCUT2D eigenvalue weighted by Gasteiger charge is 2.17. The van der Waals surface area contributed by atoms with Crippen molar-refractivity contribution < 1.29 is 0 Å². The zero-order valence-corrected chi connectivity index (χ0v) is 9.65. The fourth-order valence-electron chi connectivity index (χ4n) is 2.36. The number of rotatable bonds is 2. The van der Waals surface area contributed by atoms with Crippen LogP contribution in [0.1, 0.15) is 24.1 Å². The summed E-state index contributed by atoms with van der Waals surface area (Å²) in [5.41, 5.74) is 2.78. The second kappa shape index (κ2) is 4.05. The summed E-state index contributed by atoms with van der Waals surface area (Å²) in [5.74, 6) is 3.62. The molecule has 1 unspecified atom stereocenters. The number of hydrogen-bond acceptors (Lipinski definition) is 3. The number of aromatic nitrogens is 1. The van der Waals surface area contributed by atoms with E-state index in [0.717, 1.165) is 5.82 Å². The van der Waals surface area contributed by atoms with Crippen molar-refractivity contribution in [3.05, 3.63) is 23.4 Å². The maximum absolute atomic E-state index is 4.70. The summed E-state index contributed by atoms with van der Waals surface area (Å²) in [6.45, 7) is 0. The standard InChI is InChI=1S/C12H16N2S/c1-2-9-4-5-12(14-11(9)3-1)13-10-6-7-15-8-10/h4-5,10H,1-3,6-8H2,(H,13,14). The summed E-state index contributed by atoms with van der Waals surface area (Å²) in [7, 11) is 0. The van der Waals surface area contributed by atoms with Gasteiger partial charge in [-0.1, -0.05) is 6.07 Å². The van der Waals surface area contributed by atoms with Crippen molar-refractivity contribution in [2.45, 2.75) is 31.7 Å². The fraction of sp³-hybridized carbons (Fsp3) is 0.583. The number of anilines is 1. The van der Waals surface area contributed by atoms with Crippen molar-refractivity contribution in [1.82, 2.24) is 4.98 Å². The summed E-state index contributed by atoms with van der Waals surface area (Å²) < 4.78 is 0. The first-order valence-electron chi connectivity index (χ1n) is 5.75. The minimum Gasteiger partial charge on any atom is -0.366 e. The zero-order chi connectivity index (χ0) is 10.1. The first kappa shape index (κ1) is 9.52. The minimum absolute atomic E-state index is 0.641. The summed E-state index contributed by atoms with van der Waals surface area (Å²) in [6, 6.07) is 5.04. The Morgan fingerprint density at radius 3 is 3.20 bits per heavy atom. The second-order valence-electron chi connectivity index (χ2n) is 4.36. The monoisotopic (exact) mass is 220 g/mol. The van der Waals surface area contributed by atoms with Gasteiger partial charge in [0.1, 0.15) is 5.82 Å². The lowest BCUT2D eigenvalue weighted by Crippen LogP contribution is -2.19. The molecule has 1 aromatic rings. The highest BCUT2D eigenvalue weighted by Crippen LogP contribution is 2.24. The first-order valence-corrected chi connectivity index (χ1v) is 6.90. The molecule has 1 aromatic heterocycles. The van der Waals surface area contributed by atoms with Gasteiger partial charge in [-0.05, 0) is 43.1 Å². The summed E-state index contributed by atoms with van der Waals surface area (Å²) in [5, 5.41) is 3.54. The van der Waals surface area contributed by atoms with Gasteiger partial charge in [0, 0.05) is 17.5 Å². The van der Waals surface area contributed by atoms with Gasteiger partial charge < -0.3 is 5.32 Å². The largest absolute Gasteiger partial charge is 0.366 e. The van der Waals surface area contributed by atoms with Gasteiger partial charge in [0.25, 0.3) is 0 Å². The molecule has 1 aliphatic heterocycles. The molecule has 2 nitrogen and oxygen atoms in total. The lowest BCUT2D eigenvalue weighted by molar-refractivity contribution is 0.804. The van der Waals surface area contributed by atoms with Crippen LogP contribution in [0.4, 0.5) is 5.82 Å². The topological polar surface area (TPSA) is 24.9 Å². The molecule has 3 heteroatoms. The van der Waals surface area contributed by atoms with E-state index in [1.54, 1.807) is 0 Å². The van der Waals surface area contributed by atoms with E-state index >= 15 is 0 Å². The highest BCUT2D eigenvalue weighted by molar-refractivity contribution is 7.99. The molecule has 1 saturated heterocycles. The number of aryl methyl sites for hydroxylation is 2. The molecule has 0 spiro atoms. The smallest absolute Gasteiger partial charge is 0.126 e. The van der Waals surface area contributed by atoms with Gasteiger partial charge in [0.15, 0.2) is 0 Å². The van der Waals surface area contributed by atoms with E-state index in [0.29, 0.717) is 6.04 Å². The summed E-state index contributed by atoms with van der Waals surface area (Å²) >= 11 is 2.04. The number of nitrogens with zero attached hydrogens (tertiary/aromatic N) is 1. The van der Waals surface area contributed by atoms with Gasteiger partial charge in [0.05, 0.1) is 0 Å². The Hall–Kier alpha value is -0.700. The van der Waals surface area contributed by atoms with E-state index in [1.165, 1.54) is 48.4 Å².